The zero-order valence-corrected chi connectivity index (χ0v) is 18.9. The summed E-state index contributed by atoms with van der Waals surface area (Å²) in [5.41, 5.74) is -0.800. The first-order chi connectivity index (χ1) is 15.2. The highest BCUT2D eigenvalue weighted by Gasteiger charge is 2.55. The standard InChI is InChI=1S/C22H26ClN5O4/c1-3-27(11-17-24-16-10-14(23)7-8-15(16)19(30)25-17)18(29)12-28-20(31)22(26-21(28)32)9-5-4-6-13(22)2/h7-8,10,13H,3-6,9,11-12H2,1-2H3,(H,26,32)(H,24,25,30)/t13-,22+/m1/s1. The van der Waals surface area contributed by atoms with E-state index in [0.29, 0.717) is 34.7 Å². The van der Waals surface area contributed by atoms with Crippen LogP contribution in [0.1, 0.15) is 45.4 Å². The molecule has 1 aromatic carbocycles. The number of carbonyl (C=O) groups is 3. The average molecular weight is 460 g/mol. The van der Waals surface area contributed by atoms with Gasteiger partial charge in [0.05, 0.1) is 17.4 Å². The van der Waals surface area contributed by atoms with Crippen molar-refractivity contribution >= 4 is 40.3 Å². The SMILES string of the molecule is CCN(Cc1nc2cc(Cl)ccc2c(=O)[nH]1)C(=O)CN1C(=O)N[C@]2(CCCC[C@H]2C)C1=O. The number of aromatic amines is 1. The number of hydrogen-bond donors (Lipinski definition) is 2. The molecule has 2 aliphatic rings. The van der Waals surface area contributed by atoms with Gasteiger partial charge in [-0.15, -0.1) is 0 Å². The molecule has 1 aromatic heterocycles. The number of carbonyl (C=O) groups excluding carboxylic acids is 3. The van der Waals surface area contributed by atoms with Gasteiger partial charge in [-0.1, -0.05) is 31.4 Å². The molecular weight excluding hydrogens is 434 g/mol. The van der Waals surface area contributed by atoms with Crippen LogP contribution in [0, 0.1) is 5.92 Å². The Kier molecular flexibility index (Phi) is 5.94. The number of aromatic nitrogens is 2. The molecule has 1 aliphatic heterocycles. The number of amides is 4. The molecule has 0 bridgehead atoms. The second kappa shape index (κ2) is 8.54. The molecule has 0 radical (unpaired) electrons. The number of halogens is 1. The Labute approximate surface area is 190 Å². The lowest BCUT2D eigenvalue weighted by Crippen LogP contribution is -2.54. The summed E-state index contributed by atoms with van der Waals surface area (Å²) in [6.07, 6.45) is 3.34. The third-order valence-corrected chi connectivity index (χ3v) is 6.82. The summed E-state index contributed by atoms with van der Waals surface area (Å²) in [5, 5.41) is 3.71. The van der Waals surface area contributed by atoms with E-state index < -0.39 is 17.5 Å². The summed E-state index contributed by atoms with van der Waals surface area (Å²) in [5.74, 6) is -0.403. The van der Waals surface area contributed by atoms with Gasteiger partial charge in [-0.3, -0.25) is 19.3 Å². The Morgan fingerprint density at radius 1 is 1.31 bits per heavy atom. The number of nitrogens with one attached hydrogen (secondary N) is 2. The fraction of sp³-hybridized carbons (Fsp3) is 0.500. The van der Waals surface area contributed by atoms with Crippen molar-refractivity contribution in [2.75, 3.05) is 13.1 Å². The fourth-order valence-electron chi connectivity index (χ4n) is 4.67. The zero-order chi connectivity index (χ0) is 23.0. The van der Waals surface area contributed by atoms with Gasteiger partial charge in [0.15, 0.2) is 0 Å². The molecule has 2 atom stereocenters. The van der Waals surface area contributed by atoms with E-state index in [1.807, 2.05) is 6.92 Å². The van der Waals surface area contributed by atoms with E-state index >= 15 is 0 Å². The summed E-state index contributed by atoms with van der Waals surface area (Å²) in [7, 11) is 0. The lowest BCUT2D eigenvalue weighted by atomic mass is 9.73. The molecule has 1 aliphatic carbocycles. The fourth-order valence-corrected chi connectivity index (χ4v) is 4.83. The van der Waals surface area contributed by atoms with Gasteiger partial charge in [-0.25, -0.2) is 9.78 Å². The summed E-state index contributed by atoms with van der Waals surface area (Å²) in [6, 6.07) is 4.27. The van der Waals surface area contributed by atoms with Crippen LogP contribution >= 0.6 is 11.6 Å². The second-order valence-corrected chi connectivity index (χ2v) is 8.96. The summed E-state index contributed by atoms with van der Waals surface area (Å²) >= 11 is 6.01. The Balaban J connectivity index is 1.51. The highest BCUT2D eigenvalue weighted by Crippen LogP contribution is 2.38. The van der Waals surface area contributed by atoms with E-state index in [1.54, 1.807) is 25.1 Å². The Bertz CT molecular complexity index is 1150. The zero-order valence-electron chi connectivity index (χ0n) is 18.1. The molecule has 9 nitrogen and oxygen atoms in total. The van der Waals surface area contributed by atoms with E-state index in [1.165, 1.54) is 4.90 Å². The normalized spacial score (nSPS) is 23.1. The first kappa shape index (κ1) is 22.3. The lowest BCUT2D eigenvalue weighted by Gasteiger charge is -2.36. The smallest absolute Gasteiger partial charge is 0.325 e. The molecule has 1 saturated heterocycles. The molecule has 32 heavy (non-hydrogen) atoms. The van der Waals surface area contributed by atoms with Gasteiger partial charge in [0.25, 0.3) is 11.5 Å². The quantitative estimate of drug-likeness (QED) is 0.666. The van der Waals surface area contributed by atoms with Crippen LogP contribution in [-0.2, 0) is 16.1 Å². The lowest BCUT2D eigenvalue weighted by molar-refractivity contribution is -0.140. The maximum absolute atomic E-state index is 13.1. The van der Waals surface area contributed by atoms with Crippen LogP contribution < -0.4 is 10.9 Å². The van der Waals surface area contributed by atoms with Gasteiger partial charge in [0.1, 0.15) is 17.9 Å². The monoisotopic (exact) mass is 459 g/mol. The van der Waals surface area contributed by atoms with E-state index in [0.717, 1.165) is 24.2 Å². The van der Waals surface area contributed by atoms with Gasteiger partial charge in [-0.05, 0) is 43.9 Å². The van der Waals surface area contributed by atoms with Crippen LogP contribution in [0.2, 0.25) is 5.02 Å². The summed E-state index contributed by atoms with van der Waals surface area (Å²) < 4.78 is 0. The maximum Gasteiger partial charge on any atom is 0.325 e. The second-order valence-electron chi connectivity index (χ2n) is 8.52. The predicted octanol–water partition coefficient (Wildman–Crippen LogP) is 2.43. The molecule has 2 N–H and O–H groups in total. The number of benzene rings is 1. The molecule has 0 unspecified atom stereocenters. The molecule has 1 spiro atoms. The van der Waals surface area contributed by atoms with Crippen molar-refractivity contribution in [1.29, 1.82) is 0 Å². The van der Waals surface area contributed by atoms with Gasteiger partial charge in [0, 0.05) is 11.6 Å². The van der Waals surface area contributed by atoms with Crippen LogP contribution in [0.4, 0.5) is 4.79 Å². The van der Waals surface area contributed by atoms with Gasteiger partial charge in [0.2, 0.25) is 5.91 Å². The first-order valence-corrected chi connectivity index (χ1v) is 11.2. The van der Waals surface area contributed by atoms with E-state index in [-0.39, 0.29) is 30.5 Å². The molecule has 4 amide bonds. The van der Waals surface area contributed by atoms with Gasteiger partial charge >= 0.3 is 6.03 Å². The number of fused-ring (bicyclic) bond motifs is 1. The Hall–Kier alpha value is -2.94. The number of nitrogens with zero attached hydrogens (tertiary/aromatic N) is 3. The van der Waals surface area contributed by atoms with Crippen LogP contribution in [0.25, 0.3) is 10.9 Å². The largest absolute Gasteiger partial charge is 0.334 e. The maximum atomic E-state index is 13.1. The number of hydrogen-bond acceptors (Lipinski definition) is 5. The van der Waals surface area contributed by atoms with E-state index in [2.05, 4.69) is 15.3 Å². The molecule has 4 rings (SSSR count). The van der Waals surface area contributed by atoms with Crippen LogP contribution in [0.15, 0.2) is 23.0 Å². The third-order valence-electron chi connectivity index (χ3n) is 6.59. The number of H-pyrrole nitrogens is 1. The van der Waals surface area contributed by atoms with Crippen LogP contribution in [0.5, 0.6) is 0 Å². The number of likely N-dealkylation sites (N-methyl/N-ethyl adjacent to an activating group) is 1. The molecule has 10 heteroatoms. The van der Waals surface area contributed by atoms with Crippen molar-refractivity contribution < 1.29 is 14.4 Å². The minimum absolute atomic E-state index is 0.0220. The molecular formula is C22H26ClN5O4. The highest BCUT2D eigenvalue weighted by atomic mass is 35.5. The van der Waals surface area contributed by atoms with Crippen molar-refractivity contribution in [3.63, 3.8) is 0 Å². The highest BCUT2D eigenvalue weighted by molar-refractivity contribution is 6.31. The Morgan fingerprint density at radius 2 is 2.09 bits per heavy atom. The van der Waals surface area contributed by atoms with Crippen molar-refractivity contribution in [2.45, 2.75) is 51.6 Å². The van der Waals surface area contributed by atoms with Gasteiger partial charge < -0.3 is 15.2 Å². The molecule has 170 valence electrons. The van der Waals surface area contributed by atoms with Crippen molar-refractivity contribution in [3.8, 4) is 0 Å². The van der Waals surface area contributed by atoms with Crippen LogP contribution in [0.3, 0.4) is 0 Å². The minimum atomic E-state index is -0.906. The summed E-state index contributed by atoms with van der Waals surface area (Å²) in [4.78, 5) is 60.6. The molecule has 2 fully saturated rings. The molecule has 1 saturated carbocycles. The Morgan fingerprint density at radius 3 is 2.81 bits per heavy atom. The first-order valence-electron chi connectivity index (χ1n) is 10.9. The average Bonchev–Trinajstić information content (AvgIpc) is 2.98. The van der Waals surface area contributed by atoms with E-state index in [4.69, 9.17) is 11.6 Å². The van der Waals surface area contributed by atoms with Crippen molar-refractivity contribution in [1.82, 2.24) is 25.1 Å². The summed E-state index contributed by atoms with van der Waals surface area (Å²) in [6.45, 7) is 3.76. The van der Waals surface area contributed by atoms with Crippen LogP contribution in [-0.4, -0.2) is 56.2 Å². The third kappa shape index (κ3) is 3.85. The number of rotatable bonds is 5. The van der Waals surface area contributed by atoms with Crippen molar-refractivity contribution in [2.24, 2.45) is 5.92 Å². The topological polar surface area (TPSA) is 115 Å². The van der Waals surface area contributed by atoms with Gasteiger partial charge in [-0.2, -0.15) is 0 Å². The predicted molar refractivity (Wildman–Crippen MR) is 119 cm³/mol. The molecule has 2 heterocycles. The van der Waals surface area contributed by atoms with E-state index in [9.17, 15) is 19.2 Å². The molecule has 2 aromatic rings. The number of urea groups is 1. The minimum Gasteiger partial charge on any atom is -0.334 e. The number of imide groups is 1. The van der Waals surface area contributed by atoms with Crippen molar-refractivity contribution in [3.05, 3.63) is 39.4 Å².